The van der Waals surface area contributed by atoms with E-state index in [0.717, 1.165) is 36.9 Å². The molecular weight excluding hydrogens is 392 g/mol. The average Bonchev–Trinajstić information content (AvgIpc) is 3.05. The van der Waals surface area contributed by atoms with Crippen molar-refractivity contribution in [1.29, 1.82) is 0 Å². The van der Waals surface area contributed by atoms with E-state index in [9.17, 15) is 13.6 Å². The molecule has 1 unspecified atom stereocenters. The number of carbonyl (C=O) groups is 1. The summed E-state index contributed by atoms with van der Waals surface area (Å²) in [5, 5.41) is 6.70. The number of hydrogen-bond donors (Lipinski definition) is 2. The van der Waals surface area contributed by atoms with Gasteiger partial charge in [0.1, 0.15) is 11.6 Å². The second-order valence-corrected chi connectivity index (χ2v) is 7.98. The highest BCUT2D eigenvalue weighted by Gasteiger charge is 2.22. The normalized spacial score (nSPS) is 15.8. The molecule has 2 heterocycles. The first kappa shape index (κ1) is 21.7. The Kier molecular flexibility index (Phi) is 8.13. The molecule has 1 fully saturated rings. The third-order valence-electron chi connectivity index (χ3n) is 4.88. The van der Waals surface area contributed by atoms with Crippen LogP contribution in [-0.2, 0) is 11.2 Å². The molecule has 4 nitrogen and oxygen atoms in total. The van der Waals surface area contributed by atoms with Gasteiger partial charge in [-0.1, -0.05) is 13.0 Å². The number of rotatable bonds is 6. The lowest BCUT2D eigenvalue weighted by atomic mass is 9.84. The van der Waals surface area contributed by atoms with Crippen LogP contribution in [0.25, 0.3) is 0 Å². The predicted octanol–water partition coefficient (Wildman–Crippen LogP) is 4.40. The van der Waals surface area contributed by atoms with Crippen molar-refractivity contribution in [3.63, 3.8) is 0 Å². The molecule has 0 spiro atoms. The van der Waals surface area contributed by atoms with Gasteiger partial charge >= 0.3 is 0 Å². The number of hydrogen-bond acceptors (Lipinski definition) is 4. The molecule has 1 saturated heterocycles. The fraction of sp³-hybridized carbons (Fsp3) is 0.474. The Balaban J connectivity index is 0.00000261. The SMILES string of the molecule is CC(CC(=O)Nc1ncc(Cc2ccc(F)cc2F)s1)C1CCNCC1.Cl. The van der Waals surface area contributed by atoms with E-state index >= 15 is 0 Å². The molecule has 1 amide bonds. The van der Waals surface area contributed by atoms with Gasteiger partial charge in [0.2, 0.25) is 5.91 Å². The summed E-state index contributed by atoms with van der Waals surface area (Å²) < 4.78 is 26.7. The van der Waals surface area contributed by atoms with Crippen LogP contribution in [0, 0.1) is 23.5 Å². The Morgan fingerprint density at radius 3 is 2.81 bits per heavy atom. The fourth-order valence-electron chi connectivity index (χ4n) is 3.34. The standard InChI is InChI=1S/C19H23F2N3OS.ClH/c1-12(13-4-6-22-7-5-13)8-18(25)24-19-23-11-16(26-19)9-14-2-3-15(20)10-17(14)21;/h2-3,10-13,22H,4-9H2,1H3,(H,23,24,25);1H. The molecule has 2 N–H and O–H groups in total. The summed E-state index contributed by atoms with van der Waals surface area (Å²) in [7, 11) is 0. The number of nitrogens with zero attached hydrogens (tertiary/aromatic N) is 1. The van der Waals surface area contributed by atoms with E-state index in [1.807, 2.05) is 0 Å². The van der Waals surface area contributed by atoms with Crippen molar-refractivity contribution in [2.45, 2.75) is 32.6 Å². The minimum absolute atomic E-state index is 0. The average molecular weight is 416 g/mol. The molecule has 1 aromatic carbocycles. The van der Waals surface area contributed by atoms with E-state index in [2.05, 4.69) is 22.5 Å². The van der Waals surface area contributed by atoms with Crippen molar-refractivity contribution >= 4 is 34.8 Å². The number of benzene rings is 1. The number of thiazole rings is 1. The zero-order valence-electron chi connectivity index (χ0n) is 15.1. The molecule has 3 rings (SSSR count). The topological polar surface area (TPSA) is 54.0 Å². The Morgan fingerprint density at radius 2 is 2.11 bits per heavy atom. The van der Waals surface area contributed by atoms with Gasteiger partial charge in [0.15, 0.2) is 5.13 Å². The molecule has 1 aliphatic heterocycles. The summed E-state index contributed by atoms with van der Waals surface area (Å²) in [6, 6.07) is 3.55. The van der Waals surface area contributed by atoms with E-state index in [1.54, 1.807) is 6.20 Å². The minimum atomic E-state index is -0.591. The van der Waals surface area contributed by atoms with Crippen LogP contribution in [-0.4, -0.2) is 24.0 Å². The highest BCUT2D eigenvalue weighted by atomic mass is 35.5. The third-order valence-corrected chi connectivity index (χ3v) is 5.79. The second kappa shape index (κ2) is 10.1. The van der Waals surface area contributed by atoms with Crippen LogP contribution < -0.4 is 10.6 Å². The molecular formula is C19H24ClF2N3OS. The lowest BCUT2D eigenvalue weighted by molar-refractivity contribution is -0.117. The second-order valence-electron chi connectivity index (χ2n) is 6.86. The number of halogens is 3. The number of aromatic nitrogens is 1. The number of piperidine rings is 1. The molecule has 2 aromatic rings. The molecule has 148 valence electrons. The van der Waals surface area contributed by atoms with Crippen LogP contribution in [0.3, 0.4) is 0 Å². The van der Waals surface area contributed by atoms with Crippen LogP contribution in [0.1, 0.15) is 36.6 Å². The first-order chi connectivity index (χ1) is 12.5. The van der Waals surface area contributed by atoms with E-state index in [-0.39, 0.29) is 18.3 Å². The van der Waals surface area contributed by atoms with Crippen LogP contribution in [0.4, 0.5) is 13.9 Å². The van der Waals surface area contributed by atoms with E-state index in [4.69, 9.17) is 0 Å². The van der Waals surface area contributed by atoms with Crippen LogP contribution in [0.15, 0.2) is 24.4 Å². The van der Waals surface area contributed by atoms with Gasteiger partial charge in [-0.3, -0.25) is 4.79 Å². The number of anilines is 1. The third kappa shape index (κ3) is 6.23. The van der Waals surface area contributed by atoms with Gasteiger partial charge in [0, 0.05) is 30.0 Å². The van der Waals surface area contributed by atoms with Crippen molar-refractivity contribution in [2.24, 2.45) is 11.8 Å². The van der Waals surface area contributed by atoms with Gasteiger partial charge in [-0.25, -0.2) is 13.8 Å². The first-order valence-corrected chi connectivity index (χ1v) is 9.72. The van der Waals surface area contributed by atoms with Crippen LogP contribution in [0.5, 0.6) is 0 Å². The molecule has 0 saturated carbocycles. The number of amides is 1. The van der Waals surface area contributed by atoms with E-state index in [0.29, 0.717) is 35.4 Å². The van der Waals surface area contributed by atoms with Crippen molar-refractivity contribution in [3.05, 3.63) is 46.5 Å². The Labute approximate surface area is 168 Å². The molecule has 1 aromatic heterocycles. The highest BCUT2D eigenvalue weighted by Crippen LogP contribution is 2.26. The Bertz CT molecular complexity index is 765. The lowest BCUT2D eigenvalue weighted by Crippen LogP contribution is -2.32. The molecule has 8 heteroatoms. The summed E-state index contributed by atoms with van der Waals surface area (Å²) in [4.78, 5) is 17.3. The number of carbonyl (C=O) groups excluding carboxylic acids is 1. The number of nitrogens with one attached hydrogen (secondary N) is 2. The lowest BCUT2D eigenvalue weighted by Gasteiger charge is -2.27. The fourth-order valence-corrected chi connectivity index (χ4v) is 4.19. The monoisotopic (exact) mass is 415 g/mol. The smallest absolute Gasteiger partial charge is 0.226 e. The first-order valence-electron chi connectivity index (χ1n) is 8.90. The summed E-state index contributed by atoms with van der Waals surface area (Å²) in [5.74, 6) is -0.281. The predicted molar refractivity (Wildman–Crippen MR) is 107 cm³/mol. The highest BCUT2D eigenvalue weighted by molar-refractivity contribution is 7.15. The van der Waals surface area contributed by atoms with E-state index < -0.39 is 11.6 Å². The van der Waals surface area contributed by atoms with Crippen molar-refractivity contribution < 1.29 is 13.6 Å². The minimum Gasteiger partial charge on any atom is -0.317 e. The van der Waals surface area contributed by atoms with Gasteiger partial charge in [-0.05, 0) is 49.4 Å². The molecule has 0 aliphatic carbocycles. The summed E-state index contributed by atoms with van der Waals surface area (Å²) >= 11 is 1.32. The zero-order chi connectivity index (χ0) is 18.5. The summed E-state index contributed by atoms with van der Waals surface area (Å²) in [6.07, 6.45) is 4.65. The van der Waals surface area contributed by atoms with Gasteiger partial charge in [-0.15, -0.1) is 23.7 Å². The molecule has 27 heavy (non-hydrogen) atoms. The van der Waals surface area contributed by atoms with Crippen LogP contribution >= 0.6 is 23.7 Å². The maximum Gasteiger partial charge on any atom is 0.226 e. The Hall–Kier alpha value is -1.57. The van der Waals surface area contributed by atoms with Gasteiger partial charge in [0.05, 0.1) is 0 Å². The molecule has 0 radical (unpaired) electrons. The molecule has 0 bridgehead atoms. The van der Waals surface area contributed by atoms with Gasteiger partial charge in [-0.2, -0.15) is 0 Å². The van der Waals surface area contributed by atoms with Gasteiger partial charge in [0.25, 0.3) is 0 Å². The maximum absolute atomic E-state index is 13.7. The summed E-state index contributed by atoms with van der Waals surface area (Å²) in [6.45, 7) is 4.17. The van der Waals surface area contributed by atoms with Crippen molar-refractivity contribution in [3.8, 4) is 0 Å². The maximum atomic E-state index is 13.7. The largest absolute Gasteiger partial charge is 0.317 e. The molecule has 1 atom stereocenters. The summed E-state index contributed by atoms with van der Waals surface area (Å²) in [5.41, 5.74) is 0.410. The Morgan fingerprint density at radius 1 is 1.37 bits per heavy atom. The zero-order valence-corrected chi connectivity index (χ0v) is 16.8. The van der Waals surface area contributed by atoms with Crippen molar-refractivity contribution in [2.75, 3.05) is 18.4 Å². The molecule has 1 aliphatic rings. The van der Waals surface area contributed by atoms with E-state index in [1.165, 1.54) is 23.5 Å². The van der Waals surface area contributed by atoms with Crippen LogP contribution in [0.2, 0.25) is 0 Å². The quantitative estimate of drug-likeness (QED) is 0.735. The van der Waals surface area contributed by atoms with Gasteiger partial charge < -0.3 is 10.6 Å². The van der Waals surface area contributed by atoms with Crippen molar-refractivity contribution in [1.82, 2.24) is 10.3 Å².